The lowest BCUT2D eigenvalue weighted by molar-refractivity contribution is -0.0504. The van der Waals surface area contributed by atoms with E-state index in [1.807, 2.05) is 0 Å². The maximum Gasteiger partial charge on any atom is 0.387 e. The second-order valence-corrected chi connectivity index (χ2v) is 8.28. The SMILES string of the molecule is CN=C(NCc1ccc(S(C)(=O)=O)cc1)NCc1cc(Cl)ccc1OC(F)F. The summed E-state index contributed by atoms with van der Waals surface area (Å²) in [4.78, 5) is 4.31. The van der Waals surface area contributed by atoms with E-state index in [1.165, 1.54) is 30.3 Å². The van der Waals surface area contributed by atoms with Gasteiger partial charge in [0.05, 0.1) is 4.90 Å². The highest BCUT2D eigenvalue weighted by Gasteiger charge is 2.11. The molecule has 0 atom stereocenters. The van der Waals surface area contributed by atoms with Crippen molar-refractivity contribution in [3.63, 3.8) is 0 Å². The molecule has 0 amide bonds. The van der Waals surface area contributed by atoms with Crippen LogP contribution in [0.5, 0.6) is 5.75 Å². The van der Waals surface area contributed by atoms with E-state index in [0.717, 1.165) is 11.8 Å². The average Bonchev–Trinajstić information content (AvgIpc) is 2.63. The molecule has 0 bridgehead atoms. The topological polar surface area (TPSA) is 79.8 Å². The predicted molar refractivity (Wildman–Crippen MR) is 105 cm³/mol. The Hall–Kier alpha value is -2.39. The largest absolute Gasteiger partial charge is 0.434 e. The molecule has 28 heavy (non-hydrogen) atoms. The third-order valence-corrected chi connectivity index (χ3v) is 5.08. The van der Waals surface area contributed by atoms with Crippen LogP contribution in [0.1, 0.15) is 11.1 Å². The van der Waals surface area contributed by atoms with E-state index in [9.17, 15) is 17.2 Å². The predicted octanol–water partition coefficient (Wildman–Crippen LogP) is 3.21. The Labute approximate surface area is 167 Å². The summed E-state index contributed by atoms with van der Waals surface area (Å²) in [6, 6.07) is 10.8. The first kappa shape index (κ1) is 21.9. The Bertz CT molecular complexity index is 936. The minimum Gasteiger partial charge on any atom is -0.434 e. The monoisotopic (exact) mass is 431 g/mol. The molecule has 0 spiro atoms. The highest BCUT2D eigenvalue weighted by Crippen LogP contribution is 2.24. The van der Waals surface area contributed by atoms with Gasteiger partial charge in [-0.15, -0.1) is 0 Å². The molecule has 2 N–H and O–H groups in total. The number of sulfone groups is 1. The quantitative estimate of drug-likeness (QED) is 0.520. The van der Waals surface area contributed by atoms with Crippen LogP contribution in [-0.4, -0.2) is 34.3 Å². The Balaban J connectivity index is 1.98. The lowest BCUT2D eigenvalue weighted by Gasteiger charge is -2.15. The van der Waals surface area contributed by atoms with Crippen LogP contribution >= 0.6 is 11.6 Å². The first-order valence-corrected chi connectivity index (χ1v) is 10.4. The number of benzene rings is 2. The Kier molecular flexibility index (Phi) is 7.59. The summed E-state index contributed by atoms with van der Waals surface area (Å²) in [6.07, 6.45) is 1.15. The molecule has 0 aliphatic carbocycles. The van der Waals surface area contributed by atoms with Crippen molar-refractivity contribution >= 4 is 27.4 Å². The molecule has 6 nitrogen and oxygen atoms in total. The van der Waals surface area contributed by atoms with Gasteiger partial charge in [-0.05, 0) is 35.9 Å². The van der Waals surface area contributed by atoms with Gasteiger partial charge in [-0.1, -0.05) is 23.7 Å². The van der Waals surface area contributed by atoms with Gasteiger partial charge in [0.1, 0.15) is 5.75 Å². The van der Waals surface area contributed by atoms with E-state index in [4.69, 9.17) is 11.6 Å². The molecule has 0 aliphatic heterocycles. The summed E-state index contributed by atoms with van der Waals surface area (Å²) in [6.45, 7) is -2.39. The van der Waals surface area contributed by atoms with Crippen molar-refractivity contribution in [1.82, 2.24) is 10.6 Å². The van der Waals surface area contributed by atoms with Gasteiger partial charge in [0.2, 0.25) is 0 Å². The zero-order valence-corrected chi connectivity index (χ0v) is 16.8. The summed E-state index contributed by atoms with van der Waals surface area (Å²) in [5.74, 6) is 0.453. The lowest BCUT2D eigenvalue weighted by atomic mass is 10.2. The zero-order chi connectivity index (χ0) is 20.7. The van der Waals surface area contributed by atoms with Crippen molar-refractivity contribution in [3.05, 3.63) is 58.6 Å². The first-order valence-electron chi connectivity index (χ1n) is 8.16. The van der Waals surface area contributed by atoms with E-state index >= 15 is 0 Å². The molecule has 0 saturated heterocycles. The van der Waals surface area contributed by atoms with Gasteiger partial charge in [0.15, 0.2) is 15.8 Å². The maximum atomic E-state index is 12.5. The highest BCUT2D eigenvalue weighted by molar-refractivity contribution is 7.90. The maximum absolute atomic E-state index is 12.5. The molecular weight excluding hydrogens is 412 g/mol. The van der Waals surface area contributed by atoms with E-state index in [1.54, 1.807) is 19.2 Å². The lowest BCUT2D eigenvalue weighted by Crippen LogP contribution is -2.36. The van der Waals surface area contributed by atoms with Crippen LogP contribution in [0.2, 0.25) is 5.02 Å². The molecule has 0 fully saturated rings. The van der Waals surface area contributed by atoms with Crippen molar-refractivity contribution in [1.29, 1.82) is 0 Å². The second-order valence-electron chi connectivity index (χ2n) is 5.83. The summed E-state index contributed by atoms with van der Waals surface area (Å²) in [5, 5.41) is 6.44. The van der Waals surface area contributed by atoms with Crippen LogP contribution in [0.25, 0.3) is 0 Å². The molecule has 2 aromatic carbocycles. The molecule has 0 saturated carbocycles. The van der Waals surface area contributed by atoms with Gasteiger partial charge in [-0.3, -0.25) is 4.99 Å². The molecule has 10 heteroatoms. The second kappa shape index (κ2) is 9.70. The van der Waals surface area contributed by atoms with E-state index < -0.39 is 16.4 Å². The van der Waals surface area contributed by atoms with Crippen LogP contribution in [-0.2, 0) is 22.9 Å². The number of ether oxygens (including phenoxy) is 1. The number of aliphatic imine (C=N–C) groups is 1. The Morgan fingerprint density at radius 3 is 2.36 bits per heavy atom. The van der Waals surface area contributed by atoms with E-state index in [2.05, 4.69) is 20.4 Å². The van der Waals surface area contributed by atoms with Gasteiger partial charge >= 0.3 is 6.61 Å². The van der Waals surface area contributed by atoms with Gasteiger partial charge in [-0.2, -0.15) is 8.78 Å². The molecule has 0 radical (unpaired) electrons. The minimum absolute atomic E-state index is 0.0266. The van der Waals surface area contributed by atoms with Gasteiger partial charge in [-0.25, -0.2) is 8.42 Å². The number of guanidine groups is 1. The van der Waals surface area contributed by atoms with Gasteiger partial charge in [0, 0.05) is 37.0 Å². The number of hydrogen-bond acceptors (Lipinski definition) is 4. The van der Waals surface area contributed by atoms with Crippen LogP contribution in [0.3, 0.4) is 0 Å². The van der Waals surface area contributed by atoms with Crippen molar-refractivity contribution in [2.75, 3.05) is 13.3 Å². The average molecular weight is 432 g/mol. The fourth-order valence-corrected chi connectivity index (χ4v) is 3.16. The number of alkyl halides is 2. The van der Waals surface area contributed by atoms with Crippen molar-refractivity contribution in [2.24, 2.45) is 4.99 Å². The highest BCUT2D eigenvalue weighted by atomic mass is 35.5. The number of nitrogens with one attached hydrogen (secondary N) is 2. The van der Waals surface area contributed by atoms with E-state index in [-0.39, 0.29) is 17.2 Å². The summed E-state index contributed by atoms with van der Waals surface area (Å²) >= 11 is 5.93. The molecule has 0 heterocycles. The third-order valence-electron chi connectivity index (χ3n) is 3.72. The summed E-state index contributed by atoms with van der Waals surface area (Å²) < 4.78 is 52.5. The first-order chi connectivity index (χ1) is 13.2. The normalized spacial score (nSPS) is 12.1. The molecule has 0 aliphatic rings. The molecule has 0 unspecified atom stereocenters. The van der Waals surface area contributed by atoms with Gasteiger partial charge < -0.3 is 15.4 Å². The third kappa shape index (κ3) is 6.65. The zero-order valence-electron chi connectivity index (χ0n) is 15.2. The van der Waals surface area contributed by atoms with Gasteiger partial charge in [0.25, 0.3) is 0 Å². The van der Waals surface area contributed by atoms with Crippen LogP contribution in [0, 0.1) is 0 Å². The standard InChI is InChI=1S/C18H20ClF2N3O3S/c1-22-18(23-10-12-3-6-15(7-4-12)28(2,25)26)24-11-13-9-14(19)5-8-16(13)27-17(20)21/h3-9,17H,10-11H2,1-2H3,(H2,22,23,24). The van der Waals surface area contributed by atoms with Crippen molar-refractivity contribution in [2.45, 2.75) is 24.6 Å². The summed E-state index contributed by atoms with van der Waals surface area (Å²) in [7, 11) is -1.68. The fourth-order valence-electron chi connectivity index (χ4n) is 2.34. The molecule has 2 rings (SSSR count). The molecule has 0 aromatic heterocycles. The van der Waals surface area contributed by atoms with E-state index in [0.29, 0.717) is 23.1 Å². The van der Waals surface area contributed by atoms with Crippen LogP contribution in [0.15, 0.2) is 52.4 Å². The number of rotatable bonds is 7. The Morgan fingerprint density at radius 1 is 1.14 bits per heavy atom. The van der Waals surface area contributed by atoms with Crippen LogP contribution in [0.4, 0.5) is 8.78 Å². The smallest absolute Gasteiger partial charge is 0.387 e. The number of nitrogens with zero attached hydrogens (tertiary/aromatic N) is 1. The number of hydrogen-bond donors (Lipinski definition) is 2. The fraction of sp³-hybridized carbons (Fsp3) is 0.278. The minimum atomic E-state index is -3.24. The molecule has 152 valence electrons. The molecular formula is C18H20ClF2N3O3S. The summed E-state index contributed by atoms with van der Waals surface area (Å²) in [5.41, 5.74) is 1.30. The molecule has 2 aromatic rings. The van der Waals surface area contributed by atoms with Crippen LogP contribution < -0.4 is 15.4 Å². The van der Waals surface area contributed by atoms with Crippen molar-refractivity contribution in [3.8, 4) is 5.75 Å². The van der Waals surface area contributed by atoms with Crippen molar-refractivity contribution < 1.29 is 21.9 Å². The Morgan fingerprint density at radius 2 is 1.79 bits per heavy atom. The number of halogens is 3.